The Morgan fingerprint density at radius 1 is 1.04 bits per heavy atom. The molecule has 0 bridgehead atoms. The van der Waals surface area contributed by atoms with Crippen molar-refractivity contribution in [2.24, 2.45) is 0 Å². The van der Waals surface area contributed by atoms with Crippen molar-refractivity contribution in [3.05, 3.63) is 58.6 Å². The van der Waals surface area contributed by atoms with Gasteiger partial charge in [0.05, 0.1) is 21.6 Å². The molecule has 8 heteroatoms. The number of likely N-dealkylation sites (N-methyl/N-ethyl adjacent to an activating group) is 1. The second-order valence-electron chi connectivity index (χ2n) is 5.98. The second-order valence-corrected chi connectivity index (χ2v) is 6.39. The molecule has 132 valence electrons. The molecular weight excluding hydrogens is 362 g/mol. The van der Waals surface area contributed by atoms with Gasteiger partial charge in [0.1, 0.15) is 0 Å². The van der Waals surface area contributed by atoms with Gasteiger partial charge in [-0.3, -0.25) is 9.69 Å². The van der Waals surface area contributed by atoms with Crippen LogP contribution in [0.3, 0.4) is 0 Å². The van der Waals surface area contributed by atoms with Crippen molar-refractivity contribution in [2.75, 3.05) is 29.9 Å². The second kappa shape index (κ2) is 6.17. The van der Waals surface area contributed by atoms with Crippen LogP contribution in [0.25, 0.3) is 11.0 Å². The van der Waals surface area contributed by atoms with Crippen LogP contribution in [0, 0.1) is 11.6 Å². The molecule has 0 atom stereocenters. The first-order valence-corrected chi connectivity index (χ1v) is 8.28. The van der Waals surface area contributed by atoms with Gasteiger partial charge < -0.3 is 4.90 Å². The zero-order valence-corrected chi connectivity index (χ0v) is 14.5. The van der Waals surface area contributed by atoms with Gasteiger partial charge in [0, 0.05) is 20.1 Å². The van der Waals surface area contributed by atoms with E-state index in [0.717, 1.165) is 12.1 Å². The van der Waals surface area contributed by atoms with E-state index >= 15 is 0 Å². The minimum Gasteiger partial charge on any atom is -0.355 e. The molecular formula is C18H13ClF2N4O. The number of fused-ring (bicyclic) bond motifs is 2. The first-order chi connectivity index (χ1) is 12.5. The van der Waals surface area contributed by atoms with E-state index in [-0.39, 0.29) is 10.6 Å². The fourth-order valence-electron chi connectivity index (χ4n) is 2.91. The van der Waals surface area contributed by atoms with Gasteiger partial charge in [0.25, 0.3) is 5.91 Å². The molecule has 3 aromatic rings. The molecule has 0 unspecified atom stereocenters. The first-order valence-electron chi connectivity index (χ1n) is 7.90. The number of para-hydroxylation sites is 2. The highest BCUT2D eigenvalue weighted by atomic mass is 35.5. The third-order valence-electron chi connectivity index (χ3n) is 4.30. The number of hydrogen-bond donors (Lipinski definition) is 0. The highest BCUT2D eigenvalue weighted by Crippen LogP contribution is 2.32. The molecule has 0 radical (unpaired) electrons. The summed E-state index contributed by atoms with van der Waals surface area (Å²) in [5.74, 6) is -1.87. The lowest BCUT2D eigenvalue weighted by atomic mass is 10.1. The Labute approximate surface area is 152 Å². The van der Waals surface area contributed by atoms with E-state index in [1.807, 2.05) is 30.1 Å². The van der Waals surface area contributed by atoms with Crippen LogP contribution in [0.5, 0.6) is 0 Å². The highest BCUT2D eigenvalue weighted by molar-refractivity contribution is 6.34. The average Bonchev–Trinajstić information content (AvgIpc) is 2.63. The van der Waals surface area contributed by atoms with Gasteiger partial charge in [0.2, 0.25) is 0 Å². The molecule has 0 fully saturated rings. The van der Waals surface area contributed by atoms with Gasteiger partial charge in [-0.1, -0.05) is 23.7 Å². The average molecular weight is 375 g/mol. The Morgan fingerprint density at radius 3 is 2.35 bits per heavy atom. The summed E-state index contributed by atoms with van der Waals surface area (Å²) in [6.07, 6.45) is 0. The van der Waals surface area contributed by atoms with Crippen LogP contribution in [-0.2, 0) is 0 Å². The number of amides is 1. The van der Waals surface area contributed by atoms with Gasteiger partial charge in [-0.25, -0.2) is 18.7 Å². The Kier molecular flexibility index (Phi) is 3.96. The van der Waals surface area contributed by atoms with Crippen molar-refractivity contribution in [1.82, 2.24) is 9.97 Å². The summed E-state index contributed by atoms with van der Waals surface area (Å²) in [6.45, 7) is 0.845. The van der Waals surface area contributed by atoms with Gasteiger partial charge in [-0.2, -0.15) is 0 Å². The normalized spacial score (nSPS) is 13.8. The SMILES string of the molecule is CN1CCN(C(=O)c2cc(F)c(F)cc2Cl)c2nc3ccccc3nc21. The van der Waals surface area contributed by atoms with E-state index in [4.69, 9.17) is 11.6 Å². The molecule has 26 heavy (non-hydrogen) atoms. The summed E-state index contributed by atoms with van der Waals surface area (Å²) in [4.78, 5) is 25.4. The van der Waals surface area contributed by atoms with Crippen LogP contribution in [0.2, 0.25) is 5.02 Å². The molecule has 4 rings (SSSR count). The van der Waals surface area contributed by atoms with E-state index in [9.17, 15) is 13.6 Å². The third kappa shape index (κ3) is 2.64. The number of anilines is 2. The maximum atomic E-state index is 13.6. The van der Waals surface area contributed by atoms with Crippen molar-refractivity contribution in [1.29, 1.82) is 0 Å². The van der Waals surface area contributed by atoms with Crippen LogP contribution in [0.15, 0.2) is 36.4 Å². The molecule has 0 aliphatic carbocycles. The van der Waals surface area contributed by atoms with Crippen molar-refractivity contribution in [3.8, 4) is 0 Å². The number of carbonyl (C=O) groups is 1. The fraction of sp³-hybridized carbons (Fsp3) is 0.167. The lowest BCUT2D eigenvalue weighted by Gasteiger charge is -2.33. The third-order valence-corrected chi connectivity index (χ3v) is 4.61. The van der Waals surface area contributed by atoms with Crippen LogP contribution in [-0.4, -0.2) is 36.0 Å². The highest BCUT2D eigenvalue weighted by Gasteiger charge is 2.30. The van der Waals surface area contributed by atoms with E-state index in [1.165, 1.54) is 4.90 Å². The molecule has 1 aliphatic rings. The summed E-state index contributed by atoms with van der Waals surface area (Å²) in [5.41, 5.74) is 1.23. The number of halogens is 3. The van der Waals surface area contributed by atoms with Crippen molar-refractivity contribution >= 4 is 40.2 Å². The van der Waals surface area contributed by atoms with Crippen LogP contribution in [0.4, 0.5) is 20.4 Å². The van der Waals surface area contributed by atoms with Gasteiger partial charge in [-0.05, 0) is 24.3 Å². The number of hydrogen-bond acceptors (Lipinski definition) is 4. The number of benzene rings is 2. The molecule has 2 aromatic carbocycles. The molecule has 0 saturated heterocycles. The van der Waals surface area contributed by atoms with Crippen LogP contribution >= 0.6 is 11.6 Å². The van der Waals surface area contributed by atoms with Crippen molar-refractivity contribution in [3.63, 3.8) is 0 Å². The topological polar surface area (TPSA) is 49.3 Å². The van der Waals surface area contributed by atoms with Crippen molar-refractivity contribution in [2.45, 2.75) is 0 Å². The number of nitrogens with zero attached hydrogens (tertiary/aromatic N) is 4. The molecule has 1 aliphatic heterocycles. The Hall–Kier alpha value is -2.80. The Morgan fingerprint density at radius 2 is 1.65 bits per heavy atom. The molecule has 5 nitrogen and oxygen atoms in total. The minimum atomic E-state index is -1.13. The first kappa shape index (κ1) is 16.7. The molecule has 1 amide bonds. The molecule has 1 aromatic heterocycles. The number of aromatic nitrogens is 2. The largest absolute Gasteiger partial charge is 0.355 e. The van der Waals surface area contributed by atoms with Gasteiger partial charge in [0.15, 0.2) is 23.3 Å². The van der Waals surface area contributed by atoms with E-state index in [1.54, 1.807) is 6.07 Å². The van der Waals surface area contributed by atoms with Crippen molar-refractivity contribution < 1.29 is 13.6 Å². The van der Waals surface area contributed by atoms with Gasteiger partial charge >= 0.3 is 0 Å². The lowest BCUT2D eigenvalue weighted by molar-refractivity contribution is 0.0985. The summed E-state index contributed by atoms with van der Waals surface area (Å²) in [7, 11) is 1.86. The fourth-order valence-corrected chi connectivity index (χ4v) is 3.14. The number of carbonyl (C=O) groups excluding carboxylic acids is 1. The minimum absolute atomic E-state index is 0.115. The Bertz CT molecular complexity index is 1040. The lowest BCUT2D eigenvalue weighted by Crippen LogP contribution is -2.44. The van der Waals surface area contributed by atoms with E-state index in [2.05, 4.69) is 9.97 Å². The maximum absolute atomic E-state index is 13.6. The summed E-state index contributed by atoms with van der Waals surface area (Å²) in [6, 6.07) is 8.93. The summed E-state index contributed by atoms with van der Waals surface area (Å²) < 4.78 is 26.9. The Balaban J connectivity index is 1.84. The van der Waals surface area contributed by atoms with Gasteiger partial charge in [-0.15, -0.1) is 0 Å². The maximum Gasteiger partial charge on any atom is 0.261 e. The molecule has 0 spiro atoms. The summed E-state index contributed by atoms with van der Waals surface area (Å²) in [5, 5.41) is -0.150. The summed E-state index contributed by atoms with van der Waals surface area (Å²) >= 11 is 5.97. The van der Waals surface area contributed by atoms with Crippen LogP contribution in [0.1, 0.15) is 10.4 Å². The predicted molar refractivity (Wildman–Crippen MR) is 95.9 cm³/mol. The zero-order chi connectivity index (χ0) is 18.4. The van der Waals surface area contributed by atoms with Crippen LogP contribution < -0.4 is 9.80 Å². The van der Waals surface area contributed by atoms with E-state index < -0.39 is 17.5 Å². The zero-order valence-electron chi connectivity index (χ0n) is 13.7. The molecule has 2 heterocycles. The molecule has 0 saturated carbocycles. The number of rotatable bonds is 1. The monoisotopic (exact) mass is 374 g/mol. The van der Waals surface area contributed by atoms with E-state index in [0.29, 0.717) is 35.8 Å². The standard InChI is InChI=1S/C18H13ClF2N4O/c1-24-6-7-25(18(26)10-8-12(20)13(21)9-11(10)19)17-16(24)22-14-4-2-3-5-15(14)23-17/h2-5,8-9H,6-7H2,1H3. The quantitative estimate of drug-likeness (QED) is 0.610. The molecule has 0 N–H and O–H groups in total. The smallest absolute Gasteiger partial charge is 0.261 e. The predicted octanol–water partition coefficient (Wildman–Crippen LogP) is 3.66.